The van der Waals surface area contributed by atoms with Gasteiger partial charge in [-0.05, 0) is 30.7 Å². The van der Waals surface area contributed by atoms with E-state index in [1.807, 2.05) is 57.0 Å². The van der Waals surface area contributed by atoms with Gasteiger partial charge in [-0.3, -0.25) is 4.79 Å². The van der Waals surface area contributed by atoms with E-state index in [0.29, 0.717) is 6.42 Å². The zero-order valence-corrected chi connectivity index (χ0v) is 14.4. The van der Waals surface area contributed by atoms with Crippen molar-refractivity contribution in [3.05, 3.63) is 24.3 Å². The minimum atomic E-state index is -2.89. The number of amides is 1. The second kappa shape index (κ2) is 5.91. The van der Waals surface area contributed by atoms with Gasteiger partial charge in [0, 0.05) is 29.9 Å². The second-order valence-corrected chi connectivity index (χ2v) is 9.15. The molecule has 0 radical (unpaired) electrons. The van der Waals surface area contributed by atoms with Gasteiger partial charge in [-0.25, -0.2) is 8.42 Å². The van der Waals surface area contributed by atoms with Crippen LogP contribution in [0.15, 0.2) is 24.3 Å². The molecule has 1 heterocycles. The van der Waals surface area contributed by atoms with Crippen LogP contribution >= 0.6 is 0 Å². The zero-order valence-electron chi connectivity index (χ0n) is 13.6. The highest BCUT2D eigenvalue weighted by atomic mass is 32.2. The largest absolute Gasteiger partial charge is 0.371 e. The summed E-state index contributed by atoms with van der Waals surface area (Å²) in [6.07, 6.45) is 0.668. The van der Waals surface area contributed by atoms with Crippen LogP contribution in [0.5, 0.6) is 0 Å². The lowest BCUT2D eigenvalue weighted by molar-refractivity contribution is -0.123. The first-order chi connectivity index (χ1) is 10.1. The van der Waals surface area contributed by atoms with Crippen molar-refractivity contribution in [2.45, 2.75) is 33.2 Å². The van der Waals surface area contributed by atoms with E-state index in [4.69, 9.17) is 0 Å². The lowest BCUT2D eigenvalue weighted by Crippen LogP contribution is -2.32. The Labute approximate surface area is 132 Å². The zero-order chi connectivity index (χ0) is 16.5. The molecule has 1 saturated heterocycles. The van der Waals surface area contributed by atoms with Gasteiger partial charge in [0.1, 0.15) is 0 Å². The van der Waals surface area contributed by atoms with Gasteiger partial charge < -0.3 is 10.2 Å². The Bertz CT molecular complexity index is 645. The van der Waals surface area contributed by atoms with E-state index in [-0.39, 0.29) is 23.5 Å². The molecule has 0 aliphatic carbocycles. The summed E-state index contributed by atoms with van der Waals surface area (Å²) in [5.74, 6) is 0.448. The fourth-order valence-corrected chi connectivity index (χ4v) is 4.16. The molecule has 6 heteroatoms. The van der Waals surface area contributed by atoms with E-state index in [1.54, 1.807) is 0 Å². The summed E-state index contributed by atoms with van der Waals surface area (Å²) in [6, 6.07) is 7.53. The molecule has 22 heavy (non-hydrogen) atoms. The molecule has 1 N–H and O–H groups in total. The van der Waals surface area contributed by atoms with Gasteiger partial charge in [0.05, 0.1) is 11.5 Å². The quantitative estimate of drug-likeness (QED) is 0.926. The number of benzene rings is 1. The third-order valence-corrected chi connectivity index (χ3v) is 5.72. The van der Waals surface area contributed by atoms with E-state index in [0.717, 1.165) is 11.4 Å². The molecule has 0 bridgehead atoms. The first kappa shape index (κ1) is 16.8. The normalized spacial score (nSPS) is 20.6. The maximum atomic E-state index is 11.9. The monoisotopic (exact) mass is 324 g/mol. The van der Waals surface area contributed by atoms with Crippen molar-refractivity contribution >= 4 is 27.1 Å². The van der Waals surface area contributed by atoms with Crippen molar-refractivity contribution in [3.8, 4) is 0 Å². The molecule has 1 unspecified atom stereocenters. The summed E-state index contributed by atoms with van der Waals surface area (Å²) < 4.78 is 23.1. The van der Waals surface area contributed by atoms with Crippen LogP contribution in [0.4, 0.5) is 11.4 Å². The van der Waals surface area contributed by atoms with E-state index >= 15 is 0 Å². The molecule has 2 rings (SSSR count). The van der Waals surface area contributed by atoms with Crippen molar-refractivity contribution < 1.29 is 13.2 Å². The van der Waals surface area contributed by atoms with Gasteiger partial charge in [0.15, 0.2) is 9.84 Å². The summed E-state index contributed by atoms with van der Waals surface area (Å²) in [7, 11) is -0.977. The number of rotatable bonds is 3. The molecule has 0 saturated carbocycles. The smallest absolute Gasteiger partial charge is 0.229 e. The van der Waals surface area contributed by atoms with Crippen LogP contribution in [0.3, 0.4) is 0 Å². The predicted octanol–water partition coefficient (Wildman–Crippen LogP) is 2.29. The molecule has 0 aromatic heterocycles. The number of nitrogens with zero attached hydrogens (tertiary/aromatic N) is 1. The minimum absolute atomic E-state index is 0.0278. The number of sulfone groups is 1. The summed E-state index contributed by atoms with van der Waals surface area (Å²) >= 11 is 0. The van der Waals surface area contributed by atoms with Crippen LogP contribution in [0.25, 0.3) is 0 Å². The third kappa shape index (κ3) is 4.00. The minimum Gasteiger partial charge on any atom is -0.371 e. The number of carbonyl (C=O) groups is 1. The Morgan fingerprint density at radius 1 is 1.23 bits per heavy atom. The fraction of sp³-hybridized carbons (Fsp3) is 0.562. The van der Waals surface area contributed by atoms with Crippen LogP contribution in [0, 0.1) is 5.41 Å². The number of hydrogen-bond acceptors (Lipinski definition) is 4. The Morgan fingerprint density at radius 2 is 1.82 bits per heavy atom. The van der Waals surface area contributed by atoms with E-state index in [1.165, 1.54) is 0 Å². The highest BCUT2D eigenvalue weighted by Gasteiger charge is 2.30. The lowest BCUT2D eigenvalue weighted by atomic mass is 9.95. The van der Waals surface area contributed by atoms with Crippen LogP contribution in [0.1, 0.15) is 27.2 Å². The Balaban J connectivity index is 2.04. The first-order valence-corrected chi connectivity index (χ1v) is 9.25. The number of hydrogen-bond donors (Lipinski definition) is 1. The lowest BCUT2D eigenvalue weighted by Gasteiger charge is -2.26. The molecule has 1 atom stereocenters. The number of carbonyl (C=O) groups excluding carboxylic acids is 1. The van der Waals surface area contributed by atoms with Gasteiger partial charge in [-0.15, -0.1) is 0 Å². The summed E-state index contributed by atoms with van der Waals surface area (Å²) in [5, 5.41) is 2.88. The topological polar surface area (TPSA) is 66.5 Å². The molecule has 1 fully saturated rings. The fourth-order valence-electron chi connectivity index (χ4n) is 2.39. The van der Waals surface area contributed by atoms with Gasteiger partial charge in [0.2, 0.25) is 5.91 Å². The van der Waals surface area contributed by atoms with Crippen LogP contribution in [0.2, 0.25) is 0 Å². The van der Waals surface area contributed by atoms with E-state index in [9.17, 15) is 13.2 Å². The van der Waals surface area contributed by atoms with Gasteiger partial charge in [0.25, 0.3) is 0 Å². The highest BCUT2D eigenvalue weighted by Crippen LogP contribution is 2.25. The summed E-state index contributed by atoms with van der Waals surface area (Å²) in [5.41, 5.74) is 1.26. The van der Waals surface area contributed by atoms with Gasteiger partial charge in [-0.2, -0.15) is 0 Å². The second-order valence-electron chi connectivity index (χ2n) is 6.92. The molecule has 1 aliphatic rings. The molecule has 1 amide bonds. The van der Waals surface area contributed by atoms with Crippen molar-refractivity contribution in [3.63, 3.8) is 0 Å². The highest BCUT2D eigenvalue weighted by molar-refractivity contribution is 7.91. The molecule has 1 aromatic rings. The van der Waals surface area contributed by atoms with E-state index < -0.39 is 15.3 Å². The predicted molar refractivity (Wildman–Crippen MR) is 90.0 cm³/mol. The maximum absolute atomic E-state index is 11.9. The van der Waals surface area contributed by atoms with Gasteiger partial charge in [-0.1, -0.05) is 20.8 Å². The molecule has 5 nitrogen and oxygen atoms in total. The van der Waals surface area contributed by atoms with Crippen LogP contribution < -0.4 is 10.2 Å². The Kier molecular flexibility index (Phi) is 4.52. The number of nitrogens with one attached hydrogen (secondary N) is 1. The third-order valence-electron chi connectivity index (χ3n) is 3.97. The average molecular weight is 324 g/mol. The van der Waals surface area contributed by atoms with Crippen molar-refractivity contribution in [1.82, 2.24) is 0 Å². The average Bonchev–Trinajstić information content (AvgIpc) is 2.78. The van der Waals surface area contributed by atoms with Crippen LogP contribution in [-0.2, 0) is 14.6 Å². The molecule has 0 spiro atoms. The van der Waals surface area contributed by atoms with Crippen molar-refractivity contribution in [2.24, 2.45) is 5.41 Å². The van der Waals surface area contributed by atoms with E-state index in [2.05, 4.69) is 5.32 Å². The van der Waals surface area contributed by atoms with Crippen molar-refractivity contribution in [2.75, 3.05) is 28.8 Å². The van der Waals surface area contributed by atoms with Crippen molar-refractivity contribution in [1.29, 1.82) is 0 Å². The molecule has 122 valence electrons. The Morgan fingerprint density at radius 3 is 2.27 bits per heavy atom. The maximum Gasteiger partial charge on any atom is 0.229 e. The number of anilines is 2. The first-order valence-electron chi connectivity index (χ1n) is 7.43. The SMILES string of the molecule is CN(c1ccc(NC(=O)C(C)(C)C)cc1)C1CCS(=O)(=O)C1. The molecule has 1 aromatic carbocycles. The molecular weight excluding hydrogens is 300 g/mol. The standard InChI is InChI=1S/C16H24N2O3S/c1-16(2,3)15(19)17-12-5-7-13(8-6-12)18(4)14-9-10-22(20,21)11-14/h5-8,14H,9-11H2,1-4H3,(H,17,19). The van der Waals surface area contributed by atoms with Gasteiger partial charge >= 0.3 is 0 Å². The van der Waals surface area contributed by atoms with Crippen LogP contribution in [-0.4, -0.2) is 38.9 Å². The summed E-state index contributed by atoms with van der Waals surface area (Å²) in [4.78, 5) is 13.9. The molecular formula is C16H24N2O3S. The molecule has 1 aliphatic heterocycles. The Hall–Kier alpha value is -1.56. The summed E-state index contributed by atoms with van der Waals surface area (Å²) in [6.45, 7) is 5.60.